The van der Waals surface area contributed by atoms with Crippen molar-refractivity contribution in [3.8, 4) is 0 Å². The molecule has 0 aromatic heterocycles. The van der Waals surface area contributed by atoms with Crippen molar-refractivity contribution >= 4 is 11.6 Å². The van der Waals surface area contributed by atoms with E-state index in [4.69, 9.17) is 11.6 Å². The molecule has 1 aliphatic rings. The maximum absolute atomic E-state index is 14.3. The lowest BCUT2D eigenvalue weighted by molar-refractivity contribution is 0.391. The maximum Gasteiger partial charge on any atom is 0.198 e. The van der Waals surface area contributed by atoms with Gasteiger partial charge in [0.2, 0.25) is 0 Å². The van der Waals surface area contributed by atoms with Gasteiger partial charge in [-0.15, -0.1) is 0 Å². The van der Waals surface area contributed by atoms with Crippen LogP contribution in [0.25, 0.3) is 0 Å². The molecule has 1 atom stereocenters. The van der Waals surface area contributed by atoms with Gasteiger partial charge in [-0.2, -0.15) is 0 Å². The summed E-state index contributed by atoms with van der Waals surface area (Å²) < 4.78 is 14.3. The van der Waals surface area contributed by atoms with Gasteiger partial charge in [0.1, 0.15) is 0 Å². The molecule has 1 fully saturated rings. The molecule has 2 heteroatoms. The molecule has 0 saturated heterocycles. The first-order valence-corrected chi connectivity index (χ1v) is 6.03. The van der Waals surface area contributed by atoms with E-state index in [9.17, 15) is 4.39 Å². The average molecular weight is 247 g/mol. The highest BCUT2D eigenvalue weighted by Crippen LogP contribution is 2.66. The molecule has 0 aliphatic heterocycles. The topological polar surface area (TPSA) is 0 Å². The molecule has 2 aromatic carbocycles. The fourth-order valence-electron chi connectivity index (χ4n) is 2.53. The van der Waals surface area contributed by atoms with Crippen molar-refractivity contribution in [3.63, 3.8) is 0 Å². The van der Waals surface area contributed by atoms with Crippen LogP contribution in [0.5, 0.6) is 0 Å². The van der Waals surface area contributed by atoms with Gasteiger partial charge in [-0.1, -0.05) is 72.3 Å². The van der Waals surface area contributed by atoms with E-state index in [2.05, 4.69) is 0 Å². The van der Waals surface area contributed by atoms with E-state index in [1.807, 2.05) is 60.7 Å². The van der Waals surface area contributed by atoms with E-state index >= 15 is 0 Å². The molecular formula is C15H12ClF. The average Bonchev–Trinajstić information content (AvgIpc) is 2.96. The Hall–Kier alpha value is -1.34. The first kappa shape index (κ1) is 10.8. The van der Waals surface area contributed by atoms with Gasteiger partial charge in [0.25, 0.3) is 0 Å². The maximum atomic E-state index is 14.3. The van der Waals surface area contributed by atoms with Crippen LogP contribution in [-0.2, 0) is 5.41 Å². The molecule has 0 nitrogen and oxygen atoms in total. The first-order chi connectivity index (χ1) is 8.17. The zero-order valence-electron chi connectivity index (χ0n) is 9.24. The molecule has 0 amide bonds. The van der Waals surface area contributed by atoms with Gasteiger partial charge < -0.3 is 0 Å². The Kier molecular flexibility index (Phi) is 2.27. The fraction of sp³-hybridized carbons (Fsp3) is 0.200. The molecule has 0 N–H and O–H groups in total. The second-order valence-corrected chi connectivity index (χ2v) is 5.12. The summed E-state index contributed by atoms with van der Waals surface area (Å²) in [6.45, 7) is 0. The fourth-order valence-corrected chi connectivity index (χ4v) is 2.95. The van der Waals surface area contributed by atoms with Gasteiger partial charge in [-0.25, -0.2) is 4.39 Å². The summed E-state index contributed by atoms with van der Waals surface area (Å²) in [5.74, 6) is 0. The Bertz CT molecular complexity index is 480. The number of hydrogen-bond donors (Lipinski definition) is 0. The predicted molar refractivity (Wildman–Crippen MR) is 68.0 cm³/mol. The molecule has 1 unspecified atom stereocenters. The molecule has 3 rings (SSSR count). The van der Waals surface area contributed by atoms with Crippen LogP contribution in [-0.4, -0.2) is 5.13 Å². The van der Waals surface area contributed by atoms with Crippen molar-refractivity contribution in [2.24, 2.45) is 0 Å². The van der Waals surface area contributed by atoms with Gasteiger partial charge in [-0.05, 0) is 11.1 Å². The highest BCUT2D eigenvalue weighted by molar-refractivity contribution is 6.26. The number of alkyl halides is 2. The van der Waals surface area contributed by atoms with Gasteiger partial charge in [0, 0.05) is 6.42 Å². The lowest BCUT2D eigenvalue weighted by Gasteiger charge is -2.18. The monoisotopic (exact) mass is 246 g/mol. The largest absolute Gasteiger partial charge is 0.225 e. The van der Waals surface area contributed by atoms with Crippen molar-refractivity contribution in [1.82, 2.24) is 0 Å². The number of rotatable bonds is 2. The minimum Gasteiger partial charge on any atom is -0.225 e. The van der Waals surface area contributed by atoms with Crippen LogP contribution in [0.3, 0.4) is 0 Å². The van der Waals surface area contributed by atoms with Crippen LogP contribution in [0.1, 0.15) is 17.5 Å². The SMILES string of the molecule is FC1(Cl)CC1(c1ccccc1)c1ccccc1. The number of halogens is 2. The molecule has 0 radical (unpaired) electrons. The third kappa shape index (κ3) is 1.49. The summed E-state index contributed by atoms with van der Waals surface area (Å²) in [6, 6.07) is 19.3. The zero-order chi connectivity index (χ0) is 11.9. The predicted octanol–water partition coefficient (Wildman–Crippen LogP) is 4.28. The lowest BCUT2D eigenvalue weighted by Crippen LogP contribution is -2.17. The quantitative estimate of drug-likeness (QED) is 0.694. The summed E-state index contributed by atoms with van der Waals surface area (Å²) in [6.07, 6.45) is 0.343. The summed E-state index contributed by atoms with van der Waals surface area (Å²) in [4.78, 5) is 0. The molecule has 0 bridgehead atoms. The van der Waals surface area contributed by atoms with Crippen LogP contribution in [0.2, 0.25) is 0 Å². The summed E-state index contributed by atoms with van der Waals surface area (Å²) in [5.41, 5.74) is 1.23. The summed E-state index contributed by atoms with van der Waals surface area (Å²) in [5, 5.41) is -1.66. The standard InChI is InChI=1S/C15H12ClF/c16-15(17)11-14(15,12-7-3-1-4-8-12)13-9-5-2-6-10-13/h1-10H,11H2. The summed E-state index contributed by atoms with van der Waals surface area (Å²) >= 11 is 5.97. The minimum atomic E-state index is -1.66. The van der Waals surface area contributed by atoms with Crippen molar-refractivity contribution in [1.29, 1.82) is 0 Å². The molecule has 1 aliphatic carbocycles. The van der Waals surface area contributed by atoms with E-state index in [1.54, 1.807) is 0 Å². The number of benzene rings is 2. The van der Waals surface area contributed by atoms with Crippen LogP contribution in [0.4, 0.5) is 4.39 Å². The second-order valence-electron chi connectivity index (χ2n) is 4.52. The van der Waals surface area contributed by atoms with Gasteiger partial charge in [0.15, 0.2) is 5.13 Å². The molecule has 0 heterocycles. The van der Waals surface area contributed by atoms with E-state index in [0.717, 1.165) is 11.1 Å². The normalized spacial score (nSPS) is 25.5. The van der Waals surface area contributed by atoms with Gasteiger partial charge in [0.05, 0.1) is 5.41 Å². The van der Waals surface area contributed by atoms with Gasteiger partial charge >= 0.3 is 0 Å². The molecule has 1 saturated carbocycles. The van der Waals surface area contributed by atoms with Crippen molar-refractivity contribution in [2.75, 3.05) is 0 Å². The van der Waals surface area contributed by atoms with Gasteiger partial charge in [-0.3, -0.25) is 0 Å². The third-order valence-electron chi connectivity index (χ3n) is 3.52. The van der Waals surface area contributed by atoms with E-state index in [0.29, 0.717) is 6.42 Å². The van der Waals surface area contributed by atoms with Crippen LogP contribution in [0, 0.1) is 0 Å². The highest BCUT2D eigenvalue weighted by Gasteiger charge is 2.70. The van der Waals surface area contributed by atoms with Crippen molar-refractivity contribution < 1.29 is 4.39 Å². The van der Waals surface area contributed by atoms with Crippen LogP contribution in [0.15, 0.2) is 60.7 Å². The second kappa shape index (κ2) is 3.58. The Morgan fingerprint density at radius 2 is 1.18 bits per heavy atom. The first-order valence-electron chi connectivity index (χ1n) is 5.66. The molecule has 86 valence electrons. The Morgan fingerprint density at radius 3 is 1.47 bits per heavy atom. The molecule has 17 heavy (non-hydrogen) atoms. The minimum absolute atomic E-state index is 0.343. The Labute approximate surface area is 105 Å². The smallest absolute Gasteiger partial charge is 0.198 e. The highest BCUT2D eigenvalue weighted by atomic mass is 35.5. The molecular weight excluding hydrogens is 235 g/mol. The zero-order valence-corrected chi connectivity index (χ0v) is 9.99. The lowest BCUT2D eigenvalue weighted by atomic mass is 9.88. The van der Waals surface area contributed by atoms with Crippen molar-refractivity contribution in [3.05, 3.63) is 71.8 Å². The van der Waals surface area contributed by atoms with E-state index in [-0.39, 0.29) is 0 Å². The number of hydrogen-bond acceptors (Lipinski definition) is 0. The van der Waals surface area contributed by atoms with E-state index in [1.165, 1.54) is 0 Å². The third-order valence-corrected chi connectivity index (χ3v) is 3.98. The molecule has 0 spiro atoms. The van der Waals surface area contributed by atoms with Crippen LogP contribution < -0.4 is 0 Å². The molecule has 2 aromatic rings. The Morgan fingerprint density at radius 1 is 0.824 bits per heavy atom. The van der Waals surface area contributed by atoms with E-state index < -0.39 is 10.5 Å². The summed E-state index contributed by atoms with van der Waals surface area (Å²) in [7, 11) is 0. The van der Waals surface area contributed by atoms with Crippen molar-refractivity contribution in [2.45, 2.75) is 17.0 Å². The van der Waals surface area contributed by atoms with Crippen LogP contribution >= 0.6 is 11.6 Å². The Balaban J connectivity index is 2.15.